The van der Waals surface area contributed by atoms with E-state index in [2.05, 4.69) is 17.6 Å². The molecule has 1 unspecified atom stereocenters. The standard InChI is InChI=1S/C12H15ClN2/c1-3-15-11-5-4-10(13)6-9(11)7-12(15)8(2)14/h4-8H,3,14H2,1-2H3. The fourth-order valence-corrected chi connectivity index (χ4v) is 2.17. The Morgan fingerprint density at radius 2 is 2.13 bits per heavy atom. The van der Waals surface area contributed by atoms with Crippen LogP contribution in [0.15, 0.2) is 24.3 Å². The Hall–Kier alpha value is -0.990. The van der Waals surface area contributed by atoms with Crippen LogP contribution >= 0.6 is 11.6 Å². The second-order valence-corrected chi connectivity index (χ2v) is 4.24. The van der Waals surface area contributed by atoms with Crippen molar-refractivity contribution in [2.45, 2.75) is 26.4 Å². The van der Waals surface area contributed by atoms with E-state index in [0.29, 0.717) is 0 Å². The van der Waals surface area contributed by atoms with Crippen LogP contribution in [0, 0.1) is 0 Å². The van der Waals surface area contributed by atoms with Gasteiger partial charge >= 0.3 is 0 Å². The van der Waals surface area contributed by atoms with E-state index in [1.165, 1.54) is 5.52 Å². The van der Waals surface area contributed by atoms with Gasteiger partial charge in [0.15, 0.2) is 0 Å². The van der Waals surface area contributed by atoms with Gasteiger partial charge in [-0.3, -0.25) is 0 Å². The Balaban J connectivity index is 2.73. The van der Waals surface area contributed by atoms with E-state index < -0.39 is 0 Å². The predicted molar refractivity (Wildman–Crippen MR) is 65.2 cm³/mol. The van der Waals surface area contributed by atoms with Crippen LogP contribution < -0.4 is 5.73 Å². The molecule has 0 saturated heterocycles. The normalized spacial score (nSPS) is 13.3. The zero-order chi connectivity index (χ0) is 11.0. The maximum atomic E-state index is 5.96. The third-order valence-corrected chi connectivity index (χ3v) is 2.91. The van der Waals surface area contributed by atoms with E-state index in [4.69, 9.17) is 17.3 Å². The van der Waals surface area contributed by atoms with Crippen molar-refractivity contribution in [3.05, 3.63) is 35.0 Å². The summed E-state index contributed by atoms with van der Waals surface area (Å²) in [7, 11) is 0. The minimum absolute atomic E-state index is 0.0520. The average molecular weight is 223 g/mol. The summed E-state index contributed by atoms with van der Waals surface area (Å²) in [5.41, 5.74) is 8.30. The van der Waals surface area contributed by atoms with Gasteiger partial charge in [-0.15, -0.1) is 0 Å². The van der Waals surface area contributed by atoms with Gasteiger partial charge in [-0.1, -0.05) is 11.6 Å². The molecule has 2 aromatic rings. The zero-order valence-corrected chi connectivity index (χ0v) is 9.75. The molecule has 0 aliphatic heterocycles. The number of halogens is 1. The van der Waals surface area contributed by atoms with E-state index in [-0.39, 0.29) is 6.04 Å². The number of hydrogen-bond acceptors (Lipinski definition) is 1. The molecule has 0 radical (unpaired) electrons. The summed E-state index contributed by atoms with van der Waals surface area (Å²) < 4.78 is 2.23. The Kier molecular flexibility index (Phi) is 2.72. The second-order valence-electron chi connectivity index (χ2n) is 3.81. The van der Waals surface area contributed by atoms with E-state index in [9.17, 15) is 0 Å². The van der Waals surface area contributed by atoms with Crippen molar-refractivity contribution in [1.29, 1.82) is 0 Å². The predicted octanol–water partition coefficient (Wildman–Crippen LogP) is 3.33. The number of rotatable bonds is 2. The van der Waals surface area contributed by atoms with Crippen molar-refractivity contribution < 1.29 is 0 Å². The van der Waals surface area contributed by atoms with E-state index in [1.54, 1.807) is 0 Å². The molecule has 0 aliphatic carbocycles. The van der Waals surface area contributed by atoms with Gasteiger partial charge in [0.1, 0.15) is 0 Å². The molecule has 15 heavy (non-hydrogen) atoms. The SMILES string of the molecule is CCn1c(C(C)N)cc2cc(Cl)ccc21. The van der Waals surface area contributed by atoms with Gasteiger partial charge < -0.3 is 10.3 Å². The molecule has 80 valence electrons. The minimum Gasteiger partial charge on any atom is -0.343 e. The summed E-state index contributed by atoms with van der Waals surface area (Å²) in [6.45, 7) is 5.06. The van der Waals surface area contributed by atoms with Crippen LogP contribution in [0.2, 0.25) is 5.02 Å². The Morgan fingerprint density at radius 3 is 2.73 bits per heavy atom. The number of fused-ring (bicyclic) bond motifs is 1. The molecule has 1 aromatic carbocycles. The number of hydrogen-bond donors (Lipinski definition) is 1. The number of aryl methyl sites for hydroxylation is 1. The van der Waals surface area contributed by atoms with Crippen molar-refractivity contribution in [2.24, 2.45) is 5.73 Å². The van der Waals surface area contributed by atoms with Crippen molar-refractivity contribution in [3.8, 4) is 0 Å². The van der Waals surface area contributed by atoms with Crippen LogP contribution in [-0.4, -0.2) is 4.57 Å². The highest BCUT2D eigenvalue weighted by Gasteiger charge is 2.10. The summed E-state index contributed by atoms with van der Waals surface area (Å²) in [5, 5.41) is 1.93. The third kappa shape index (κ3) is 1.75. The molecule has 0 spiro atoms. The van der Waals surface area contributed by atoms with Crippen LogP contribution in [0.4, 0.5) is 0 Å². The highest BCUT2D eigenvalue weighted by atomic mass is 35.5. The largest absolute Gasteiger partial charge is 0.343 e. The lowest BCUT2D eigenvalue weighted by atomic mass is 10.2. The molecular weight excluding hydrogens is 208 g/mol. The number of nitrogens with zero attached hydrogens (tertiary/aromatic N) is 1. The molecule has 1 atom stereocenters. The van der Waals surface area contributed by atoms with Crippen LogP contribution in [-0.2, 0) is 6.54 Å². The van der Waals surface area contributed by atoms with Gasteiger partial charge in [0, 0.05) is 34.2 Å². The van der Waals surface area contributed by atoms with Gasteiger partial charge in [-0.05, 0) is 38.1 Å². The minimum atomic E-state index is 0.0520. The number of benzene rings is 1. The van der Waals surface area contributed by atoms with Gasteiger partial charge in [-0.2, -0.15) is 0 Å². The lowest BCUT2D eigenvalue weighted by Crippen LogP contribution is -2.11. The summed E-state index contributed by atoms with van der Waals surface area (Å²) in [6.07, 6.45) is 0. The number of aromatic nitrogens is 1. The molecule has 0 bridgehead atoms. The van der Waals surface area contributed by atoms with Gasteiger partial charge in [0.2, 0.25) is 0 Å². The lowest BCUT2D eigenvalue weighted by Gasteiger charge is -2.10. The number of nitrogens with two attached hydrogens (primary N) is 1. The molecule has 0 aliphatic rings. The summed E-state index contributed by atoms with van der Waals surface area (Å²) in [6, 6.07) is 8.12. The summed E-state index contributed by atoms with van der Waals surface area (Å²) in [5.74, 6) is 0. The van der Waals surface area contributed by atoms with Crippen LogP contribution in [0.1, 0.15) is 25.6 Å². The van der Waals surface area contributed by atoms with Crippen molar-refractivity contribution in [3.63, 3.8) is 0 Å². The first-order chi connectivity index (χ1) is 7.13. The molecule has 1 aromatic heterocycles. The van der Waals surface area contributed by atoms with Crippen LogP contribution in [0.5, 0.6) is 0 Å². The first-order valence-electron chi connectivity index (χ1n) is 5.17. The molecule has 1 heterocycles. The van der Waals surface area contributed by atoms with E-state index in [1.807, 2.05) is 25.1 Å². The fourth-order valence-electron chi connectivity index (χ4n) is 1.99. The third-order valence-electron chi connectivity index (χ3n) is 2.68. The highest BCUT2D eigenvalue weighted by molar-refractivity contribution is 6.31. The second kappa shape index (κ2) is 3.87. The Labute approximate surface area is 94.6 Å². The average Bonchev–Trinajstić information content (AvgIpc) is 2.55. The first-order valence-corrected chi connectivity index (χ1v) is 5.55. The van der Waals surface area contributed by atoms with Gasteiger partial charge in [0.25, 0.3) is 0 Å². The summed E-state index contributed by atoms with van der Waals surface area (Å²) in [4.78, 5) is 0. The molecule has 0 saturated carbocycles. The van der Waals surface area contributed by atoms with Crippen molar-refractivity contribution in [1.82, 2.24) is 4.57 Å². The van der Waals surface area contributed by atoms with Crippen LogP contribution in [0.25, 0.3) is 10.9 Å². The summed E-state index contributed by atoms with van der Waals surface area (Å²) >= 11 is 5.96. The zero-order valence-electron chi connectivity index (χ0n) is 9.00. The molecule has 2 N–H and O–H groups in total. The van der Waals surface area contributed by atoms with E-state index >= 15 is 0 Å². The topological polar surface area (TPSA) is 30.9 Å². The van der Waals surface area contributed by atoms with Crippen LogP contribution in [0.3, 0.4) is 0 Å². The Morgan fingerprint density at radius 1 is 1.40 bits per heavy atom. The Bertz CT molecular complexity index is 486. The highest BCUT2D eigenvalue weighted by Crippen LogP contribution is 2.25. The smallest absolute Gasteiger partial charge is 0.0483 e. The van der Waals surface area contributed by atoms with Crippen molar-refractivity contribution >= 4 is 22.5 Å². The molecule has 2 rings (SSSR count). The van der Waals surface area contributed by atoms with Crippen molar-refractivity contribution in [2.75, 3.05) is 0 Å². The maximum absolute atomic E-state index is 5.96. The fraction of sp³-hybridized carbons (Fsp3) is 0.333. The molecule has 3 heteroatoms. The first kappa shape index (κ1) is 10.5. The molecule has 0 fully saturated rings. The van der Waals surface area contributed by atoms with Gasteiger partial charge in [0.05, 0.1) is 0 Å². The molecule has 2 nitrogen and oxygen atoms in total. The van der Waals surface area contributed by atoms with Gasteiger partial charge in [-0.25, -0.2) is 0 Å². The van der Waals surface area contributed by atoms with E-state index in [0.717, 1.165) is 22.6 Å². The monoisotopic (exact) mass is 222 g/mol. The lowest BCUT2D eigenvalue weighted by molar-refractivity contribution is 0.674. The molecular formula is C12H15ClN2. The maximum Gasteiger partial charge on any atom is 0.0483 e. The molecule has 0 amide bonds. The quantitative estimate of drug-likeness (QED) is 0.830.